The molecule has 0 fully saturated rings. The third kappa shape index (κ3) is 3.73. The molecule has 0 aliphatic rings. The molecule has 6 heteroatoms. The first-order chi connectivity index (χ1) is 8.58. The van der Waals surface area contributed by atoms with Gasteiger partial charge in [0, 0.05) is 18.9 Å². The molecule has 0 aliphatic heterocycles. The summed E-state index contributed by atoms with van der Waals surface area (Å²) in [5, 5.41) is 0. The van der Waals surface area contributed by atoms with Crippen molar-refractivity contribution < 1.29 is 19.1 Å². The van der Waals surface area contributed by atoms with Crippen LogP contribution in [0.3, 0.4) is 0 Å². The van der Waals surface area contributed by atoms with Crippen LogP contribution >= 0.6 is 0 Å². The van der Waals surface area contributed by atoms with Gasteiger partial charge in [-0.1, -0.05) is 0 Å². The summed E-state index contributed by atoms with van der Waals surface area (Å²) in [5.74, 6) is -0.835. The lowest BCUT2D eigenvalue weighted by molar-refractivity contribution is -0.141. The van der Waals surface area contributed by atoms with E-state index < -0.39 is 5.97 Å². The highest BCUT2D eigenvalue weighted by atomic mass is 16.5. The molecule has 1 heterocycles. The van der Waals surface area contributed by atoms with Gasteiger partial charge in [-0.15, -0.1) is 0 Å². The Morgan fingerprint density at radius 1 is 1.44 bits per heavy atom. The largest absolute Gasteiger partial charge is 0.465 e. The number of aromatic nitrogens is 1. The minimum atomic E-state index is -0.513. The minimum absolute atomic E-state index is 0.110. The van der Waals surface area contributed by atoms with Crippen molar-refractivity contribution >= 4 is 17.6 Å². The van der Waals surface area contributed by atoms with E-state index >= 15 is 0 Å². The molecule has 0 aliphatic carbocycles. The molecule has 18 heavy (non-hydrogen) atoms. The molecule has 0 spiro atoms. The van der Waals surface area contributed by atoms with Crippen LogP contribution in [0.4, 0.5) is 5.69 Å². The molecule has 0 amide bonds. The first kappa shape index (κ1) is 14.0. The van der Waals surface area contributed by atoms with Gasteiger partial charge < -0.3 is 14.4 Å². The second kappa shape index (κ2) is 6.58. The van der Waals surface area contributed by atoms with Gasteiger partial charge in [0.2, 0.25) is 0 Å². The monoisotopic (exact) mass is 252 g/mol. The van der Waals surface area contributed by atoms with Crippen LogP contribution in [0.5, 0.6) is 0 Å². The Morgan fingerprint density at radius 2 is 2.17 bits per heavy atom. The Labute approximate surface area is 106 Å². The molecule has 0 N–H and O–H groups in total. The number of hydrogen-bond donors (Lipinski definition) is 0. The highest BCUT2D eigenvalue weighted by molar-refractivity contribution is 5.88. The number of carbonyl (C=O) groups excluding carboxylic acids is 2. The fraction of sp³-hybridized carbons (Fsp3) is 0.417. The van der Waals surface area contributed by atoms with Crippen molar-refractivity contribution in [3.05, 3.63) is 24.0 Å². The molecule has 0 aromatic carbocycles. The van der Waals surface area contributed by atoms with Crippen LogP contribution < -0.4 is 4.90 Å². The van der Waals surface area contributed by atoms with Crippen molar-refractivity contribution in [2.75, 3.05) is 32.2 Å². The number of likely N-dealkylation sites (N-methyl/N-ethyl adjacent to an activating group) is 1. The summed E-state index contributed by atoms with van der Waals surface area (Å²) in [6, 6.07) is 3.26. The lowest BCUT2D eigenvalue weighted by atomic mass is 10.3. The van der Waals surface area contributed by atoms with Crippen molar-refractivity contribution in [3.63, 3.8) is 0 Å². The number of esters is 2. The van der Waals surface area contributed by atoms with Crippen LogP contribution in [0.2, 0.25) is 0 Å². The van der Waals surface area contributed by atoms with E-state index in [0.29, 0.717) is 12.3 Å². The average molecular weight is 252 g/mol. The van der Waals surface area contributed by atoms with Gasteiger partial charge in [-0.3, -0.25) is 4.79 Å². The second-order valence-corrected chi connectivity index (χ2v) is 3.55. The van der Waals surface area contributed by atoms with E-state index in [1.165, 1.54) is 13.3 Å². The van der Waals surface area contributed by atoms with Gasteiger partial charge in [-0.05, 0) is 19.1 Å². The summed E-state index contributed by atoms with van der Waals surface area (Å²) in [6.07, 6.45) is 1.49. The molecular formula is C12H16N2O4. The zero-order valence-electron chi connectivity index (χ0n) is 10.7. The molecule has 0 saturated carbocycles. The third-order valence-corrected chi connectivity index (χ3v) is 2.25. The van der Waals surface area contributed by atoms with Gasteiger partial charge in [0.1, 0.15) is 12.2 Å². The lowest BCUT2D eigenvalue weighted by Gasteiger charge is -2.18. The topological polar surface area (TPSA) is 68.7 Å². The molecule has 98 valence electrons. The van der Waals surface area contributed by atoms with Crippen molar-refractivity contribution in [2.45, 2.75) is 6.92 Å². The van der Waals surface area contributed by atoms with Crippen LogP contribution in [-0.2, 0) is 14.3 Å². The van der Waals surface area contributed by atoms with Crippen LogP contribution in [0.25, 0.3) is 0 Å². The standard InChI is InChI=1S/C12H16N2O4/c1-4-18-11(15)8-14(2)9-5-6-13-10(7-9)12(16)17-3/h5-7H,4,8H2,1-3H3. The zero-order valence-corrected chi connectivity index (χ0v) is 10.7. The van der Waals surface area contributed by atoms with E-state index in [-0.39, 0.29) is 18.2 Å². The number of hydrogen-bond acceptors (Lipinski definition) is 6. The molecule has 6 nitrogen and oxygen atoms in total. The third-order valence-electron chi connectivity index (χ3n) is 2.25. The van der Waals surface area contributed by atoms with E-state index in [4.69, 9.17) is 4.74 Å². The van der Waals surface area contributed by atoms with Crippen molar-refractivity contribution in [1.29, 1.82) is 0 Å². The number of carbonyl (C=O) groups is 2. The summed E-state index contributed by atoms with van der Waals surface area (Å²) in [7, 11) is 3.02. The molecule has 1 aromatic heterocycles. The van der Waals surface area contributed by atoms with Crippen LogP contribution in [0.15, 0.2) is 18.3 Å². The Bertz CT molecular complexity index is 434. The van der Waals surface area contributed by atoms with E-state index in [9.17, 15) is 9.59 Å². The maximum Gasteiger partial charge on any atom is 0.356 e. The van der Waals surface area contributed by atoms with Crippen LogP contribution in [-0.4, -0.2) is 44.2 Å². The Morgan fingerprint density at radius 3 is 2.78 bits per heavy atom. The fourth-order valence-corrected chi connectivity index (χ4v) is 1.36. The minimum Gasteiger partial charge on any atom is -0.465 e. The van der Waals surface area contributed by atoms with Crippen molar-refractivity contribution in [3.8, 4) is 0 Å². The fourth-order valence-electron chi connectivity index (χ4n) is 1.36. The zero-order chi connectivity index (χ0) is 13.5. The summed E-state index contributed by atoms with van der Waals surface area (Å²) in [4.78, 5) is 28.2. The molecule has 0 bridgehead atoms. The normalized spacial score (nSPS) is 9.72. The van der Waals surface area contributed by atoms with Crippen LogP contribution in [0.1, 0.15) is 17.4 Å². The van der Waals surface area contributed by atoms with E-state index in [2.05, 4.69) is 9.72 Å². The number of anilines is 1. The molecule has 1 aromatic rings. The second-order valence-electron chi connectivity index (χ2n) is 3.55. The average Bonchev–Trinajstić information content (AvgIpc) is 2.38. The van der Waals surface area contributed by atoms with Gasteiger partial charge in [-0.25, -0.2) is 9.78 Å². The Balaban J connectivity index is 2.76. The van der Waals surface area contributed by atoms with E-state index in [0.717, 1.165) is 0 Å². The van der Waals surface area contributed by atoms with Crippen molar-refractivity contribution in [1.82, 2.24) is 4.98 Å². The molecule has 0 unspecified atom stereocenters. The van der Waals surface area contributed by atoms with E-state index in [1.54, 1.807) is 31.0 Å². The van der Waals surface area contributed by atoms with Crippen LogP contribution in [0, 0.1) is 0 Å². The number of methoxy groups -OCH3 is 1. The number of nitrogens with zero attached hydrogens (tertiary/aromatic N) is 2. The molecule has 1 rings (SSSR count). The summed E-state index contributed by atoms with van der Waals surface area (Å²) in [6.45, 7) is 2.20. The Hall–Kier alpha value is -2.11. The first-order valence-corrected chi connectivity index (χ1v) is 5.49. The van der Waals surface area contributed by atoms with Gasteiger partial charge in [-0.2, -0.15) is 0 Å². The number of rotatable bonds is 5. The Kier molecular flexibility index (Phi) is 5.10. The number of pyridine rings is 1. The molecule has 0 radical (unpaired) electrons. The quantitative estimate of drug-likeness (QED) is 0.724. The SMILES string of the molecule is CCOC(=O)CN(C)c1ccnc(C(=O)OC)c1. The van der Waals surface area contributed by atoms with Crippen molar-refractivity contribution in [2.24, 2.45) is 0 Å². The summed E-state index contributed by atoms with van der Waals surface area (Å²) < 4.78 is 9.42. The smallest absolute Gasteiger partial charge is 0.356 e. The first-order valence-electron chi connectivity index (χ1n) is 5.49. The molecular weight excluding hydrogens is 236 g/mol. The maximum atomic E-state index is 11.3. The maximum absolute atomic E-state index is 11.3. The van der Waals surface area contributed by atoms with Gasteiger partial charge in [0.05, 0.1) is 13.7 Å². The van der Waals surface area contributed by atoms with E-state index in [1.807, 2.05) is 0 Å². The van der Waals surface area contributed by atoms with Gasteiger partial charge in [0.25, 0.3) is 0 Å². The molecule has 0 atom stereocenters. The predicted octanol–water partition coefficient (Wildman–Crippen LogP) is 0.867. The lowest BCUT2D eigenvalue weighted by Crippen LogP contribution is -2.27. The number of ether oxygens (including phenoxy) is 2. The predicted molar refractivity (Wildman–Crippen MR) is 65.5 cm³/mol. The van der Waals surface area contributed by atoms with Gasteiger partial charge in [0.15, 0.2) is 0 Å². The highest BCUT2D eigenvalue weighted by Crippen LogP contribution is 2.13. The molecule has 0 saturated heterocycles. The van der Waals surface area contributed by atoms with Gasteiger partial charge >= 0.3 is 11.9 Å². The summed E-state index contributed by atoms with van der Waals surface area (Å²) in [5.41, 5.74) is 0.893. The summed E-state index contributed by atoms with van der Waals surface area (Å²) >= 11 is 0. The highest BCUT2D eigenvalue weighted by Gasteiger charge is 2.12.